The van der Waals surface area contributed by atoms with Gasteiger partial charge in [-0.1, -0.05) is 0 Å². The standard InChI is InChI=1S/C14H22O4/c1-10-11(12(15)9-18-10)7-5-6-8-17-13(16)14(2,3)4/h5-9H2,1-4H3. The molecule has 0 aromatic heterocycles. The first kappa shape index (κ1) is 14.7. The second-order valence-electron chi connectivity index (χ2n) is 5.59. The normalized spacial score (nSPS) is 15.9. The van der Waals surface area contributed by atoms with Crippen LogP contribution in [0, 0.1) is 5.41 Å². The van der Waals surface area contributed by atoms with Gasteiger partial charge in [0.25, 0.3) is 0 Å². The number of hydrogen-bond acceptors (Lipinski definition) is 4. The molecule has 0 atom stereocenters. The summed E-state index contributed by atoms with van der Waals surface area (Å²) in [5.41, 5.74) is 0.339. The van der Waals surface area contributed by atoms with E-state index in [4.69, 9.17) is 9.47 Å². The molecule has 1 rings (SSSR count). The lowest BCUT2D eigenvalue weighted by Crippen LogP contribution is -2.23. The molecule has 0 saturated heterocycles. The first-order valence-electron chi connectivity index (χ1n) is 6.35. The van der Waals surface area contributed by atoms with E-state index in [9.17, 15) is 9.59 Å². The number of carbonyl (C=O) groups excluding carboxylic acids is 2. The van der Waals surface area contributed by atoms with Crippen LogP contribution < -0.4 is 0 Å². The van der Waals surface area contributed by atoms with Gasteiger partial charge in [-0.2, -0.15) is 0 Å². The monoisotopic (exact) mass is 254 g/mol. The fraction of sp³-hybridized carbons (Fsp3) is 0.714. The Kier molecular flexibility index (Phi) is 4.93. The Bertz CT molecular complexity index is 360. The van der Waals surface area contributed by atoms with Crippen LogP contribution in [0.2, 0.25) is 0 Å². The summed E-state index contributed by atoms with van der Waals surface area (Å²) in [6.07, 6.45) is 2.31. The molecule has 0 aromatic rings. The number of ether oxygens (including phenoxy) is 2. The predicted molar refractivity (Wildman–Crippen MR) is 67.9 cm³/mol. The molecule has 4 heteroatoms. The topological polar surface area (TPSA) is 52.6 Å². The molecule has 0 amide bonds. The van der Waals surface area contributed by atoms with Crippen molar-refractivity contribution in [3.05, 3.63) is 11.3 Å². The van der Waals surface area contributed by atoms with Gasteiger partial charge >= 0.3 is 5.97 Å². The molecule has 4 nitrogen and oxygen atoms in total. The zero-order chi connectivity index (χ0) is 13.8. The minimum atomic E-state index is -0.450. The van der Waals surface area contributed by atoms with Crippen molar-refractivity contribution in [1.82, 2.24) is 0 Å². The minimum Gasteiger partial charge on any atom is -0.490 e. The second kappa shape index (κ2) is 6.03. The third-order valence-corrected chi connectivity index (χ3v) is 2.85. The van der Waals surface area contributed by atoms with Gasteiger partial charge in [0.2, 0.25) is 0 Å². The molecule has 0 unspecified atom stereocenters. The largest absolute Gasteiger partial charge is 0.490 e. The number of Topliss-reactive ketones (excluding diaryl/α,β-unsaturated/α-hetero) is 1. The average Bonchev–Trinajstić information content (AvgIpc) is 2.58. The Morgan fingerprint density at radius 3 is 2.50 bits per heavy atom. The van der Waals surface area contributed by atoms with Crippen molar-refractivity contribution in [2.75, 3.05) is 13.2 Å². The first-order valence-corrected chi connectivity index (χ1v) is 6.35. The average molecular weight is 254 g/mol. The number of esters is 1. The Labute approximate surface area is 108 Å². The van der Waals surface area contributed by atoms with Gasteiger partial charge in [-0.3, -0.25) is 9.59 Å². The molecule has 18 heavy (non-hydrogen) atoms. The maximum Gasteiger partial charge on any atom is 0.311 e. The summed E-state index contributed by atoms with van der Waals surface area (Å²) >= 11 is 0. The van der Waals surface area contributed by atoms with E-state index in [0.717, 1.165) is 24.2 Å². The van der Waals surface area contributed by atoms with Crippen molar-refractivity contribution in [3.63, 3.8) is 0 Å². The molecule has 0 spiro atoms. The summed E-state index contributed by atoms with van der Waals surface area (Å²) in [5.74, 6) is 0.643. The molecule has 0 aliphatic carbocycles. The lowest BCUT2D eigenvalue weighted by molar-refractivity contribution is -0.153. The Morgan fingerprint density at radius 2 is 2.00 bits per heavy atom. The molecule has 1 aliphatic heterocycles. The number of carbonyl (C=O) groups is 2. The summed E-state index contributed by atoms with van der Waals surface area (Å²) in [4.78, 5) is 22.9. The third-order valence-electron chi connectivity index (χ3n) is 2.85. The van der Waals surface area contributed by atoms with E-state index in [2.05, 4.69) is 0 Å². The van der Waals surface area contributed by atoms with E-state index in [1.807, 2.05) is 27.7 Å². The Balaban J connectivity index is 2.19. The van der Waals surface area contributed by atoms with Crippen molar-refractivity contribution >= 4 is 11.8 Å². The summed E-state index contributed by atoms with van der Waals surface area (Å²) in [6.45, 7) is 7.91. The molecule has 0 N–H and O–H groups in total. The van der Waals surface area contributed by atoms with Crippen LogP contribution >= 0.6 is 0 Å². The number of rotatable bonds is 5. The fourth-order valence-electron chi connectivity index (χ4n) is 1.65. The van der Waals surface area contributed by atoms with Crippen LogP contribution in [0.25, 0.3) is 0 Å². The third kappa shape index (κ3) is 4.17. The van der Waals surface area contributed by atoms with Crippen molar-refractivity contribution in [2.45, 2.75) is 47.0 Å². The number of hydrogen-bond donors (Lipinski definition) is 0. The van der Waals surface area contributed by atoms with Crippen molar-refractivity contribution < 1.29 is 19.1 Å². The van der Waals surface area contributed by atoms with Crippen molar-refractivity contribution in [2.24, 2.45) is 5.41 Å². The maximum absolute atomic E-state index is 11.5. The summed E-state index contributed by atoms with van der Waals surface area (Å²) < 4.78 is 10.3. The first-order chi connectivity index (χ1) is 8.32. The van der Waals surface area contributed by atoms with Gasteiger partial charge in [-0.25, -0.2) is 0 Å². The Hall–Kier alpha value is -1.32. The van der Waals surface area contributed by atoms with E-state index in [0.29, 0.717) is 13.0 Å². The van der Waals surface area contributed by atoms with Gasteiger partial charge in [-0.15, -0.1) is 0 Å². The van der Waals surface area contributed by atoms with Crippen LogP contribution in [0.3, 0.4) is 0 Å². The molecule has 0 radical (unpaired) electrons. The van der Waals surface area contributed by atoms with E-state index in [1.165, 1.54) is 0 Å². The van der Waals surface area contributed by atoms with Gasteiger partial charge < -0.3 is 9.47 Å². The molecular weight excluding hydrogens is 232 g/mol. The van der Waals surface area contributed by atoms with Gasteiger partial charge in [0, 0.05) is 5.57 Å². The van der Waals surface area contributed by atoms with E-state index in [1.54, 1.807) is 0 Å². The van der Waals surface area contributed by atoms with Gasteiger partial charge in [-0.05, 0) is 47.0 Å². The molecule has 102 valence electrons. The molecule has 0 saturated carbocycles. The van der Waals surface area contributed by atoms with Crippen LogP contribution in [0.15, 0.2) is 11.3 Å². The number of ketones is 1. The van der Waals surface area contributed by atoms with Crippen LogP contribution in [0.4, 0.5) is 0 Å². The van der Waals surface area contributed by atoms with Crippen LogP contribution in [0.1, 0.15) is 47.0 Å². The number of allylic oxidation sites excluding steroid dienone is 1. The van der Waals surface area contributed by atoms with Gasteiger partial charge in [0.05, 0.1) is 12.0 Å². The van der Waals surface area contributed by atoms with Crippen molar-refractivity contribution in [1.29, 1.82) is 0 Å². The highest BCUT2D eigenvalue weighted by Gasteiger charge is 2.23. The van der Waals surface area contributed by atoms with E-state index < -0.39 is 5.41 Å². The highest BCUT2D eigenvalue weighted by Crippen LogP contribution is 2.21. The highest BCUT2D eigenvalue weighted by molar-refractivity contribution is 5.98. The maximum atomic E-state index is 11.5. The SMILES string of the molecule is CC1=C(CCCCOC(=O)C(C)(C)C)C(=O)CO1. The molecule has 0 fully saturated rings. The predicted octanol–water partition coefficient (Wildman–Crippen LogP) is 2.62. The lowest BCUT2D eigenvalue weighted by Gasteiger charge is -2.16. The van der Waals surface area contributed by atoms with Crippen LogP contribution in [-0.2, 0) is 19.1 Å². The van der Waals surface area contributed by atoms with Gasteiger partial charge in [0.15, 0.2) is 12.4 Å². The quantitative estimate of drug-likeness (QED) is 0.559. The molecular formula is C14H22O4. The molecule has 0 aromatic carbocycles. The lowest BCUT2D eigenvalue weighted by atomic mass is 9.97. The number of unbranched alkanes of at least 4 members (excludes halogenated alkanes) is 1. The minimum absolute atomic E-state index is 0.0826. The molecule has 1 heterocycles. The smallest absolute Gasteiger partial charge is 0.311 e. The summed E-state index contributed by atoms with van der Waals surface area (Å²) in [7, 11) is 0. The zero-order valence-corrected chi connectivity index (χ0v) is 11.7. The highest BCUT2D eigenvalue weighted by atomic mass is 16.5. The van der Waals surface area contributed by atoms with Gasteiger partial charge in [0.1, 0.15) is 5.76 Å². The summed E-state index contributed by atoms with van der Waals surface area (Å²) in [5, 5.41) is 0. The van der Waals surface area contributed by atoms with Crippen LogP contribution in [-0.4, -0.2) is 25.0 Å². The van der Waals surface area contributed by atoms with E-state index in [-0.39, 0.29) is 18.4 Å². The molecule has 0 bridgehead atoms. The molecule has 1 aliphatic rings. The fourth-order valence-corrected chi connectivity index (χ4v) is 1.65. The van der Waals surface area contributed by atoms with Crippen molar-refractivity contribution in [3.8, 4) is 0 Å². The summed E-state index contributed by atoms with van der Waals surface area (Å²) in [6, 6.07) is 0. The van der Waals surface area contributed by atoms with Crippen LogP contribution in [0.5, 0.6) is 0 Å². The van der Waals surface area contributed by atoms with E-state index >= 15 is 0 Å². The Morgan fingerprint density at radius 1 is 1.33 bits per heavy atom. The second-order valence-corrected chi connectivity index (χ2v) is 5.59. The zero-order valence-electron chi connectivity index (χ0n) is 11.7.